The van der Waals surface area contributed by atoms with Gasteiger partial charge >= 0.3 is 5.97 Å². The molecule has 0 spiro atoms. The first-order valence-electron chi connectivity index (χ1n) is 5.17. The highest BCUT2D eigenvalue weighted by atomic mass is 35.5. The number of benzene rings is 1. The Morgan fingerprint density at radius 2 is 2.11 bits per heavy atom. The average Bonchev–Trinajstić information content (AvgIpc) is 2.41. The lowest BCUT2D eigenvalue weighted by Crippen LogP contribution is -2.01. The van der Waals surface area contributed by atoms with Gasteiger partial charge in [0, 0.05) is 11.1 Å². The number of methoxy groups -OCH3 is 1. The fourth-order valence-corrected chi connectivity index (χ4v) is 2.44. The van der Waals surface area contributed by atoms with Crippen LogP contribution in [-0.2, 0) is 4.74 Å². The van der Waals surface area contributed by atoms with Crippen LogP contribution in [0.25, 0.3) is 0 Å². The van der Waals surface area contributed by atoms with E-state index in [0.717, 1.165) is 4.90 Å². The fraction of sp³-hybridized carbons (Fsp3) is 0.0769. The summed E-state index contributed by atoms with van der Waals surface area (Å²) in [4.78, 5) is 16.5. The van der Waals surface area contributed by atoms with Crippen LogP contribution in [-0.4, -0.2) is 18.1 Å². The van der Waals surface area contributed by atoms with Gasteiger partial charge in [-0.15, -0.1) is 0 Å². The first kappa shape index (κ1) is 12.9. The van der Waals surface area contributed by atoms with Gasteiger partial charge < -0.3 is 4.74 Å². The molecule has 0 fully saturated rings. The van der Waals surface area contributed by atoms with Gasteiger partial charge in [0.2, 0.25) is 0 Å². The Hall–Kier alpha value is -1.52. The van der Waals surface area contributed by atoms with Gasteiger partial charge in [-0.3, -0.25) is 0 Å². The number of pyridine rings is 1. The predicted molar refractivity (Wildman–Crippen MR) is 71.2 cm³/mol. The number of halogens is 1. The number of hydrogen-bond donors (Lipinski definition) is 0. The van der Waals surface area contributed by atoms with Gasteiger partial charge in [-0.2, -0.15) is 0 Å². The Morgan fingerprint density at radius 1 is 1.33 bits per heavy atom. The molecule has 1 heterocycles. The van der Waals surface area contributed by atoms with E-state index in [9.17, 15) is 4.79 Å². The maximum Gasteiger partial charge on any atom is 0.337 e. The summed E-state index contributed by atoms with van der Waals surface area (Å²) < 4.78 is 4.66. The molecule has 1 aromatic heterocycles. The molecule has 0 saturated carbocycles. The number of carbonyl (C=O) groups is 1. The molecule has 0 unspecified atom stereocenters. The molecule has 92 valence electrons. The van der Waals surface area contributed by atoms with Gasteiger partial charge in [0.15, 0.2) is 0 Å². The first-order valence-corrected chi connectivity index (χ1v) is 6.37. The minimum Gasteiger partial charge on any atom is -0.465 e. The molecular formula is C13H10ClNO2S. The summed E-state index contributed by atoms with van der Waals surface area (Å²) in [5.74, 6) is -0.376. The Bertz CT molecular complexity index is 574. The maximum atomic E-state index is 11.4. The van der Waals surface area contributed by atoms with E-state index in [4.69, 9.17) is 11.6 Å². The van der Waals surface area contributed by atoms with Crippen LogP contribution in [0, 0.1) is 0 Å². The maximum absolute atomic E-state index is 11.4. The molecular weight excluding hydrogens is 270 g/mol. The molecule has 0 N–H and O–H groups in total. The molecule has 0 amide bonds. The van der Waals surface area contributed by atoms with Gasteiger partial charge in [0.05, 0.1) is 17.7 Å². The number of aromatic nitrogens is 1. The van der Waals surface area contributed by atoms with E-state index >= 15 is 0 Å². The van der Waals surface area contributed by atoms with Crippen LogP contribution in [0.4, 0.5) is 0 Å². The monoisotopic (exact) mass is 279 g/mol. The third kappa shape index (κ3) is 3.03. The second-order valence-electron chi connectivity index (χ2n) is 3.41. The van der Waals surface area contributed by atoms with Crippen LogP contribution in [0.1, 0.15) is 10.4 Å². The standard InChI is InChI=1S/C13H10ClNO2S/c1-17-13(16)9-6-7-15-12(8-9)18-11-5-3-2-4-10(11)14/h2-8H,1H3. The van der Waals surface area contributed by atoms with Gasteiger partial charge in [0.1, 0.15) is 5.03 Å². The molecule has 0 atom stereocenters. The highest BCUT2D eigenvalue weighted by molar-refractivity contribution is 7.99. The summed E-state index contributed by atoms with van der Waals surface area (Å²) in [5.41, 5.74) is 0.474. The van der Waals surface area contributed by atoms with Crippen LogP contribution in [0.2, 0.25) is 5.02 Å². The third-order valence-corrected chi connectivity index (χ3v) is 3.66. The minimum atomic E-state index is -0.376. The van der Waals surface area contributed by atoms with Crippen molar-refractivity contribution in [2.24, 2.45) is 0 Å². The van der Waals surface area contributed by atoms with E-state index in [2.05, 4.69) is 9.72 Å². The molecule has 0 saturated heterocycles. The summed E-state index contributed by atoms with van der Waals surface area (Å²) in [6.45, 7) is 0. The molecule has 0 bridgehead atoms. The number of nitrogens with zero attached hydrogens (tertiary/aromatic N) is 1. The molecule has 0 aliphatic heterocycles. The van der Waals surface area contributed by atoms with Crippen molar-refractivity contribution in [3.05, 3.63) is 53.2 Å². The van der Waals surface area contributed by atoms with Crippen LogP contribution < -0.4 is 0 Å². The number of rotatable bonds is 3. The highest BCUT2D eigenvalue weighted by Gasteiger charge is 2.08. The summed E-state index contributed by atoms with van der Waals surface area (Å²) in [7, 11) is 1.35. The van der Waals surface area contributed by atoms with Crippen molar-refractivity contribution in [3.8, 4) is 0 Å². The van der Waals surface area contributed by atoms with Crippen molar-refractivity contribution in [1.82, 2.24) is 4.98 Å². The van der Waals surface area contributed by atoms with E-state index in [-0.39, 0.29) is 5.97 Å². The molecule has 0 aliphatic carbocycles. The quantitative estimate of drug-likeness (QED) is 0.804. The second kappa shape index (κ2) is 5.89. The smallest absolute Gasteiger partial charge is 0.337 e. The molecule has 3 nitrogen and oxygen atoms in total. The van der Waals surface area contributed by atoms with Crippen molar-refractivity contribution < 1.29 is 9.53 Å². The van der Waals surface area contributed by atoms with Crippen molar-refractivity contribution in [1.29, 1.82) is 0 Å². The SMILES string of the molecule is COC(=O)c1ccnc(Sc2ccccc2Cl)c1. The fourth-order valence-electron chi connectivity index (χ4n) is 1.35. The molecule has 5 heteroatoms. The molecule has 18 heavy (non-hydrogen) atoms. The van der Waals surface area contributed by atoms with Crippen molar-refractivity contribution in [2.45, 2.75) is 9.92 Å². The molecule has 2 rings (SSSR count). The Labute approximate surface area is 114 Å². The largest absolute Gasteiger partial charge is 0.465 e. The van der Waals surface area contributed by atoms with Gasteiger partial charge in [-0.1, -0.05) is 35.5 Å². The van der Waals surface area contributed by atoms with Crippen LogP contribution in [0.15, 0.2) is 52.5 Å². The van der Waals surface area contributed by atoms with E-state index in [1.165, 1.54) is 18.9 Å². The lowest BCUT2D eigenvalue weighted by Gasteiger charge is -2.04. The van der Waals surface area contributed by atoms with E-state index in [0.29, 0.717) is 15.6 Å². The van der Waals surface area contributed by atoms with Crippen LogP contribution >= 0.6 is 23.4 Å². The van der Waals surface area contributed by atoms with Gasteiger partial charge in [-0.05, 0) is 24.3 Å². The highest BCUT2D eigenvalue weighted by Crippen LogP contribution is 2.32. The van der Waals surface area contributed by atoms with E-state index < -0.39 is 0 Å². The number of hydrogen-bond acceptors (Lipinski definition) is 4. The number of esters is 1. The van der Waals surface area contributed by atoms with E-state index in [1.54, 1.807) is 18.3 Å². The molecule has 0 aliphatic rings. The Morgan fingerprint density at radius 3 is 2.83 bits per heavy atom. The van der Waals surface area contributed by atoms with Crippen molar-refractivity contribution >= 4 is 29.3 Å². The summed E-state index contributed by atoms with van der Waals surface area (Å²) in [5, 5.41) is 1.36. The third-order valence-electron chi connectivity index (χ3n) is 2.21. The number of carbonyl (C=O) groups excluding carboxylic acids is 1. The summed E-state index contributed by atoms with van der Waals surface area (Å²) in [6.07, 6.45) is 1.57. The van der Waals surface area contributed by atoms with Crippen molar-refractivity contribution in [3.63, 3.8) is 0 Å². The normalized spacial score (nSPS) is 10.1. The van der Waals surface area contributed by atoms with Crippen molar-refractivity contribution in [2.75, 3.05) is 7.11 Å². The molecule has 1 aromatic carbocycles. The van der Waals surface area contributed by atoms with Gasteiger partial charge in [-0.25, -0.2) is 9.78 Å². The van der Waals surface area contributed by atoms with Crippen LogP contribution in [0.3, 0.4) is 0 Å². The lowest BCUT2D eigenvalue weighted by atomic mass is 10.3. The van der Waals surface area contributed by atoms with E-state index in [1.807, 2.05) is 24.3 Å². The topological polar surface area (TPSA) is 39.2 Å². The molecule has 0 radical (unpaired) electrons. The Kier molecular flexibility index (Phi) is 4.23. The Balaban J connectivity index is 2.25. The molecule has 2 aromatic rings. The summed E-state index contributed by atoms with van der Waals surface area (Å²) >= 11 is 7.47. The van der Waals surface area contributed by atoms with Crippen LogP contribution in [0.5, 0.6) is 0 Å². The minimum absolute atomic E-state index is 0.376. The zero-order chi connectivity index (χ0) is 13.0. The summed E-state index contributed by atoms with van der Waals surface area (Å²) in [6, 6.07) is 10.8. The zero-order valence-corrected chi connectivity index (χ0v) is 11.2. The first-order chi connectivity index (χ1) is 8.70. The lowest BCUT2D eigenvalue weighted by molar-refractivity contribution is 0.0600. The second-order valence-corrected chi connectivity index (χ2v) is 4.88. The zero-order valence-electron chi connectivity index (χ0n) is 9.59. The predicted octanol–water partition coefficient (Wildman–Crippen LogP) is 3.67. The number of ether oxygens (including phenoxy) is 1. The van der Waals surface area contributed by atoms with Gasteiger partial charge in [0.25, 0.3) is 0 Å². The average molecular weight is 280 g/mol.